The largest absolute Gasteiger partial charge is 0.480 e. The van der Waals surface area contributed by atoms with Gasteiger partial charge in [-0.1, -0.05) is 54.6 Å². The number of rotatable bonds is 6. The third kappa shape index (κ3) is 4.36. The van der Waals surface area contributed by atoms with Crippen molar-refractivity contribution >= 4 is 22.8 Å². The van der Waals surface area contributed by atoms with Crippen LogP contribution in [0, 0.1) is 0 Å². The molecule has 0 aliphatic heterocycles. The molecule has 2 N–H and O–H groups in total. The third-order valence-electron chi connectivity index (χ3n) is 3.98. The topological polar surface area (TPSA) is 88.5 Å². The van der Waals surface area contributed by atoms with E-state index in [1.54, 1.807) is 12.4 Å². The average molecular weight is 350 g/mol. The van der Waals surface area contributed by atoms with E-state index in [1.165, 1.54) is 0 Å². The average Bonchev–Trinajstić information content (AvgIpc) is 2.67. The molecule has 0 unspecified atom stereocenters. The fourth-order valence-electron chi connectivity index (χ4n) is 2.67. The van der Waals surface area contributed by atoms with Crippen LogP contribution in [0.2, 0.25) is 0 Å². The highest BCUT2D eigenvalue weighted by molar-refractivity contribution is 5.86. The van der Waals surface area contributed by atoms with Crippen LogP contribution in [0.15, 0.2) is 67.0 Å². The lowest BCUT2D eigenvalue weighted by atomic mass is 10.0. The predicted octanol–water partition coefficient (Wildman–Crippen LogP) is 3.16. The Labute approximate surface area is 150 Å². The van der Waals surface area contributed by atoms with Crippen LogP contribution in [0.3, 0.4) is 0 Å². The van der Waals surface area contributed by atoms with Crippen LogP contribution in [0.1, 0.15) is 11.1 Å². The number of aliphatic carboxylic acids is 1. The van der Waals surface area contributed by atoms with Crippen LogP contribution >= 0.6 is 0 Å². The Hall–Kier alpha value is -3.41. The van der Waals surface area contributed by atoms with Crippen molar-refractivity contribution in [1.29, 1.82) is 0 Å². The number of nitrogens with zero attached hydrogens (tertiary/aromatic N) is 1. The Morgan fingerprint density at radius 2 is 1.77 bits per heavy atom. The molecule has 6 heteroatoms. The Morgan fingerprint density at radius 3 is 2.54 bits per heavy atom. The molecule has 3 aromatic rings. The quantitative estimate of drug-likeness (QED) is 0.713. The molecule has 132 valence electrons. The molecule has 0 radical (unpaired) electrons. The first-order chi connectivity index (χ1) is 12.6. The van der Waals surface area contributed by atoms with E-state index in [0.29, 0.717) is 0 Å². The number of carboxylic acid groups (broad SMARTS) is 1. The van der Waals surface area contributed by atoms with Gasteiger partial charge >= 0.3 is 12.1 Å². The Kier molecular flexibility index (Phi) is 5.43. The predicted molar refractivity (Wildman–Crippen MR) is 96.6 cm³/mol. The van der Waals surface area contributed by atoms with E-state index in [1.807, 2.05) is 54.6 Å². The lowest BCUT2D eigenvalue weighted by Gasteiger charge is -2.15. The molecule has 0 saturated carbocycles. The van der Waals surface area contributed by atoms with E-state index < -0.39 is 18.1 Å². The molecule has 1 aromatic heterocycles. The first-order valence-corrected chi connectivity index (χ1v) is 8.15. The fourth-order valence-corrected chi connectivity index (χ4v) is 2.67. The van der Waals surface area contributed by atoms with Gasteiger partial charge in [-0.05, 0) is 16.5 Å². The minimum Gasteiger partial charge on any atom is -0.480 e. The van der Waals surface area contributed by atoms with Crippen LogP contribution in [0.5, 0.6) is 0 Å². The number of alkyl carbamates (subject to hydrolysis) is 1. The summed E-state index contributed by atoms with van der Waals surface area (Å²) in [6.45, 7) is 0.0782. The molecule has 2 aromatic carbocycles. The standard InChI is InChI=1S/C20H18N2O4/c23-19(24)18(22-20(25)26-13-14-6-2-1-3-7-14)10-16-12-21-11-15-8-4-5-9-17(15)16/h1-9,11-12,18H,10,13H2,(H,22,25)(H,23,24)/t18-/m0/s1. The van der Waals surface area contributed by atoms with Gasteiger partial charge in [-0.3, -0.25) is 4.98 Å². The summed E-state index contributed by atoms with van der Waals surface area (Å²) in [5.41, 5.74) is 1.58. The van der Waals surface area contributed by atoms with Gasteiger partial charge in [0.1, 0.15) is 12.6 Å². The lowest BCUT2D eigenvalue weighted by Crippen LogP contribution is -2.42. The number of nitrogens with one attached hydrogen (secondary N) is 1. The number of carbonyl (C=O) groups is 2. The number of fused-ring (bicyclic) bond motifs is 1. The zero-order chi connectivity index (χ0) is 18.4. The highest BCUT2D eigenvalue weighted by Gasteiger charge is 2.22. The second-order valence-electron chi connectivity index (χ2n) is 5.82. The van der Waals surface area contributed by atoms with Crippen molar-refractivity contribution in [3.63, 3.8) is 0 Å². The minimum atomic E-state index is -1.13. The van der Waals surface area contributed by atoms with Gasteiger partial charge in [0.2, 0.25) is 0 Å². The molecular formula is C20H18N2O4. The maximum Gasteiger partial charge on any atom is 0.408 e. The molecule has 0 saturated heterocycles. The Morgan fingerprint density at radius 1 is 1.04 bits per heavy atom. The van der Waals surface area contributed by atoms with Gasteiger partial charge in [-0.15, -0.1) is 0 Å². The van der Waals surface area contributed by atoms with E-state index in [2.05, 4.69) is 10.3 Å². The van der Waals surface area contributed by atoms with Crippen molar-refractivity contribution in [2.45, 2.75) is 19.1 Å². The van der Waals surface area contributed by atoms with Crippen molar-refractivity contribution in [1.82, 2.24) is 10.3 Å². The summed E-state index contributed by atoms with van der Waals surface area (Å²) < 4.78 is 5.10. The number of benzene rings is 2. The number of carboxylic acids is 1. The summed E-state index contributed by atoms with van der Waals surface area (Å²) in [7, 11) is 0. The molecule has 0 bridgehead atoms. The zero-order valence-electron chi connectivity index (χ0n) is 14.0. The molecule has 26 heavy (non-hydrogen) atoms. The maximum atomic E-state index is 12.0. The SMILES string of the molecule is O=C(N[C@@H](Cc1cncc2ccccc12)C(=O)O)OCc1ccccc1. The number of amides is 1. The molecule has 1 amide bonds. The van der Waals surface area contributed by atoms with Crippen LogP contribution in [-0.2, 0) is 22.6 Å². The van der Waals surface area contributed by atoms with E-state index in [-0.39, 0.29) is 13.0 Å². The summed E-state index contributed by atoms with van der Waals surface area (Å²) in [4.78, 5) is 27.7. The zero-order valence-corrected chi connectivity index (χ0v) is 14.0. The molecule has 0 aliphatic carbocycles. The Balaban J connectivity index is 1.67. The molecule has 6 nitrogen and oxygen atoms in total. The number of ether oxygens (including phenoxy) is 1. The third-order valence-corrected chi connectivity index (χ3v) is 3.98. The molecule has 3 rings (SSSR count). The minimum absolute atomic E-state index is 0.0782. The summed E-state index contributed by atoms with van der Waals surface area (Å²) >= 11 is 0. The van der Waals surface area contributed by atoms with Crippen LogP contribution < -0.4 is 5.32 Å². The van der Waals surface area contributed by atoms with Crippen molar-refractivity contribution in [2.75, 3.05) is 0 Å². The van der Waals surface area contributed by atoms with Gasteiger partial charge in [0, 0.05) is 24.2 Å². The molecule has 1 atom stereocenters. The van der Waals surface area contributed by atoms with Crippen molar-refractivity contribution in [2.24, 2.45) is 0 Å². The van der Waals surface area contributed by atoms with Crippen LogP contribution in [0.25, 0.3) is 10.8 Å². The van der Waals surface area contributed by atoms with Gasteiger partial charge < -0.3 is 15.2 Å². The molecule has 0 fully saturated rings. The molecule has 0 aliphatic rings. The van der Waals surface area contributed by atoms with Crippen molar-refractivity contribution in [3.8, 4) is 0 Å². The molecule has 1 heterocycles. The second kappa shape index (κ2) is 8.11. The maximum absolute atomic E-state index is 12.0. The van der Waals surface area contributed by atoms with Crippen LogP contribution in [0.4, 0.5) is 4.79 Å². The van der Waals surface area contributed by atoms with Crippen molar-refractivity contribution < 1.29 is 19.4 Å². The smallest absolute Gasteiger partial charge is 0.408 e. The first-order valence-electron chi connectivity index (χ1n) is 8.15. The van der Waals surface area contributed by atoms with Gasteiger partial charge in [0.15, 0.2) is 0 Å². The molecule has 0 spiro atoms. The summed E-state index contributed by atoms with van der Waals surface area (Å²) in [5, 5.41) is 13.7. The second-order valence-corrected chi connectivity index (χ2v) is 5.82. The van der Waals surface area contributed by atoms with Crippen LogP contribution in [-0.4, -0.2) is 28.2 Å². The van der Waals surface area contributed by atoms with E-state index in [4.69, 9.17) is 4.74 Å². The highest BCUT2D eigenvalue weighted by Crippen LogP contribution is 2.18. The number of aromatic nitrogens is 1. The van der Waals surface area contributed by atoms with E-state index in [0.717, 1.165) is 21.9 Å². The Bertz CT molecular complexity index is 907. The number of pyridine rings is 1. The van der Waals surface area contributed by atoms with E-state index in [9.17, 15) is 14.7 Å². The summed E-state index contributed by atoms with van der Waals surface area (Å²) in [5.74, 6) is -1.13. The van der Waals surface area contributed by atoms with Gasteiger partial charge in [-0.25, -0.2) is 9.59 Å². The lowest BCUT2D eigenvalue weighted by molar-refractivity contribution is -0.139. The highest BCUT2D eigenvalue weighted by atomic mass is 16.5. The van der Waals surface area contributed by atoms with Gasteiger partial charge in [0.05, 0.1) is 0 Å². The summed E-state index contributed by atoms with van der Waals surface area (Å²) in [6, 6.07) is 15.7. The van der Waals surface area contributed by atoms with Crippen molar-refractivity contribution in [3.05, 3.63) is 78.1 Å². The monoisotopic (exact) mass is 350 g/mol. The normalized spacial score (nSPS) is 11.7. The summed E-state index contributed by atoms with van der Waals surface area (Å²) in [6.07, 6.45) is 2.68. The number of hydrogen-bond donors (Lipinski definition) is 2. The van der Waals surface area contributed by atoms with Gasteiger partial charge in [0.25, 0.3) is 0 Å². The van der Waals surface area contributed by atoms with E-state index >= 15 is 0 Å². The number of carbonyl (C=O) groups excluding carboxylic acids is 1. The first kappa shape index (κ1) is 17.4. The fraction of sp³-hybridized carbons (Fsp3) is 0.150. The molecular weight excluding hydrogens is 332 g/mol. The number of hydrogen-bond acceptors (Lipinski definition) is 4. The van der Waals surface area contributed by atoms with Gasteiger partial charge in [-0.2, -0.15) is 0 Å².